The van der Waals surface area contributed by atoms with Crippen molar-refractivity contribution in [2.24, 2.45) is 0 Å². The zero-order chi connectivity index (χ0) is 17.3. The van der Waals surface area contributed by atoms with Gasteiger partial charge in [0, 0.05) is 32.1 Å². The SMILES string of the molecule is COC(=O)Cc1c(C(=O)c2ccc(Cl)cc2)[nH]c2cc(Cl)ccc12. The Morgan fingerprint density at radius 3 is 2.38 bits per heavy atom. The number of rotatable bonds is 4. The average Bonchev–Trinajstić information content (AvgIpc) is 2.92. The molecule has 3 aromatic rings. The molecule has 0 spiro atoms. The number of hydrogen-bond donors (Lipinski definition) is 1. The Labute approximate surface area is 148 Å². The fraction of sp³-hybridized carbons (Fsp3) is 0.111. The van der Waals surface area contributed by atoms with Crippen LogP contribution in [0.4, 0.5) is 0 Å². The number of fused-ring (bicyclic) bond motifs is 1. The van der Waals surface area contributed by atoms with Gasteiger partial charge in [0.15, 0.2) is 0 Å². The summed E-state index contributed by atoms with van der Waals surface area (Å²) in [4.78, 5) is 27.7. The maximum atomic E-state index is 12.8. The predicted molar refractivity (Wildman–Crippen MR) is 93.9 cm³/mol. The minimum absolute atomic E-state index is 0.00715. The number of halogens is 2. The molecule has 0 amide bonds. The molecule has 0 bridgehead atoms. The Morgan fingerprint density at radius 1 is 1.04 bits per heavy atom. The highest BCUT2D eigenvalue weighted by molar-refractivity contribution is 6.31. The van der Waals surface area contributed by atoms with Crippen LogP contribution in [0.25, 0.3) is 10.9 Å². The molecule has 0 fully saturated rings. The summed E-state index contributed by atoms with van der Waals surface area (Å²) in [6.07, 6.45) is -0.00715. The fourth-order valence-corrected chi connectivity index (χ4v) is 2.87. The zero-order valence-electron chi connectivity index (χ0n) is 12.7. The molecular formula is C18H13Cl2NO3. The van der Waals surface area contributed by atoms with E-state index in [2.05, 4.69) is 4.98 Å². The highest BCUT2D eigenvalue weighted by atomic mass is 35.5. The lowest BCUT2D eigenvalue weighted by molar-refractivity contribution is -0.139. The number of carbonyl (C=O) groups excluding carboxylic acids is 2. The molecule has 3 rings (SSSR count). The minimum atomic E-state index is -0.420. The van der Waals surface area contributed by atoms with Crippen LogP contribution in [0.1, 0.15) is 21.6 Å². The molecule has 1 N–H and O–H groups in total. The van der Waals surface area contributed by atoms with E-state index in [1.165, 1.54) is 7.11 Å². The van der Waals surface area contributed by atoms with Crippen LogP contribution in [0, 0.1) is 0 Å². The topological polar surface area (TPSA) is 59.2 Å². The van der Waals surface area contributed by atoms with Gasteiger partial charge in [0.25, 0.3) is 0 Å². The Morgan fingerprint density at radius 2 is 1.71 bits per heavy atom. The molecule has 0 atom stereocenters. The van der Waals surface area contributed by atoms with Crippen molar-refractivity contribution >= 4 is 45.9 Å². The summed E-state index contributed by atoms with van der Waals surface area (Å²) < 4.78 is 4.74. The maximum absolute atomic E-state index is 12.8. The molecule has 0 saturated carbocycles. The number of carbonyl (C=O) groups is 2. The summed E-state index contributed by atoms with van der Waals surface area (Å²) in [6, 6.07) is 11.8. The van der Waals surface area contributed by atoms with Crippen LogP contribution in [0.5, 0.6) is 0 Å². The quantitative estimate of drug-likeness (QED) is 0.552. The summed E-state index contributed by atoms with van der Waals surface area (Å²) >= 11 is 11.9. The number of hydrogen-bond acceptors (Lipinski definition) is 3. The summed E-state index contributed by atoms with van der Waals surface area (Å²) in [5, 5.41) is 1.85. The molecule has 0 unspecified atom stereocenters. The molecule has 0 radical (unpaired) electrons. The van der Waals surface area contributed by atoms with Crippen LogP contribution in [-0.4, -0.2) is 23.8 Å². The first-order chi connectivity index (χ1) is 11.5. The number of nitrogens with one attached hydrogen (secondary N) is 1. The van der Waals surface area contributed by atoms with Crippen molar-refractivity contribution in [1.29, 1.82) is 0 Å². The van der Waals surface area contributed by atoms with E-state index in [1.54, 1.807) is 42.5 Å². The van der Waals surface area contributed by atoms with Crippen molar-refractivity contribution in [3.05, 3.63) is 69.3 Å². The molecule has 1 aromatic heterocycles. The number of aromatic nitrogens is 1. The minimum Gasteiger partial charge on any atom is -0.469 e. The number of benzene rings is 2. The van der Waals surface area contributed by atoms with Crippen LogP contribution in [0.3, 0.4) is 0 Å². The Hall–Kier alpha value is -2.30. The summed E-state index contributed by atoms with van der Waals surface area (Å²) in [6.45, 7) is 0. The third kappa shape index (κ3) is 3.16. The van der Waals surface area contributed by atoms with Crippen molar-refractivity contribution in [1.82, 2.24) is 4.98 Å². The van der Waals surface area contributed by atoms with Gasteiger partial charge in [0.2, 0.25) is 5.78 Å². The van der Waals surface area contributed by atoms with Crippen molar-refractivity contribution in [3.8, 4) is 0 Å². The number of aromatic amines is 1. The normalized spacial score (nSPS) is 10.8. The highest BCUT2D eigenvalue weighted by Gasteiger charge is 2.21. The smallest absolute Gasteiger partial charge is 0.310 e. The number of methoxy groups -OCH3 is 1. The van der Waals surface area contributed by atoms with Gasteiger partial charge in [-0.15, -0.1) is 0 Å². The van der Waals surface area contributed by atoms with Gasteiger partial charge in [0.05, 0.1) is 19.2 Å². The number of ether oxygens (including phenoxy) is 1. The van der Waals surface area contributed by atoms with Crippen molar-refractivity contribution in [2.45, 2.75) is 6.42 Å². The fourth-order valence-electron chi connectivity index (χ4n) is 2.57. The number of ketones is 1. The monoisotopic (exact) mass is 361 g/mol. The van der Waals surface area contributed by atoms with Crippen molar-refractivity contribution in [3.63, 3.8) is 0 Å². The molecule has 0 aliphatic carbocycles. The van der Waals surface area contributed by atoms with Gasteiger partial charge >= 0.3 is 5.97 Å². The Kier molecular flexibility index (Phi) is 4.60. The van der Waals surface area contributed by atoms with Crippen LogP contribution in [-0.2, 0) is 16.0 Å². The molecule has 0 saturated heterocycles. The molecule has 4 nitrogen and oxygen atoms in total. The van der Waals surface area contributed by atoms with Crippen molar-refractivity contribution < 1.29 is 14.3 Å². The summed E-state index contributed by atoms with van der Waals surface area (Å²) in [7, 11) is 1.31. The van der Waals surface area contributed by atoms with E-state index in [9.17, 15) is 9.59 Å². The third-order valence-electron chi connectivity index (χ3n) is 3.75. The molecule has 2 aromatic carbocycles. The Balaban J connectivity index is 2.14. The number of esters is 1. The lowest BCUT2D eigenvalue weighted by atomic mass is 10.0. The second-order valence-electron chi connectivity index (χ2n) is 5.26. The largest absolute Gasteiger partial charge is 0.469 e. The molecule has 24 heavy (non-hydrogen) atoms. The van der Waals surface area contributed by atoms with Crippen LogP contribution in [0.15, 0.2) is 42.5 Å². The predicted octanol–water partition coefficient (Wildman–Crippen LogP) is 4.42. The van der Waals surface area contributed by atoms with Gasteiger partial charge < -0.3 is 9.72 Å². The first-order valence-electron chi connectivity index (χ1n) is 7.17. The van der Waals surface area contributed by atoms with Crippen LogP contribution >= 0.6 is 23.2 Å². The van der Waals surface area contributed by atoms with E-state index in [0.29, 0.717) is 32.4 Å². The lowest BCUT2D eigenvalue weighted by Gasteiger charge is -2.04. The molecule has 1 heterocycles. The zero-order valence-corrected chi connectivity index (χ0v) is 14.2. The first kappa shape index (κ1) is 16.6. The van der Waals surface area contributed by atoms with Gasteiger partial charge in [-0.3, -0.25) is 9.59 Å². The van der Waals surface area contributed by atoms with Gasteiger partial charge in [-0.2, -0.15) is 0 Å². The second kappa shape index (κ2) is 6.67. The maximum Gasteiger partial charge on any atom is 0.310 e. The van der Waals surface area contributed by atoms with Crippen LogP contribution in [0.2, 0.25) is 10.0 Å². The van der Waals surface area contributed by atoms with E-state index in [4.69, 9.17) is 27.9 Å². The Bertz CT molecular complexity index is 929. The van der Waals surface area contributed by atoms with Gasteiger partial charge in [-0.25, -0.2) is 0 Å². The van der Waals surface area contributed by atoms with Crippen LogP contribution < -0.4 is 0 Å². The molecule has 0 aliphatic heterocycles. The van der Waals surface area contributed by atoms with E-state index < -0.39 is 5.97 Å². The third-order valence-corrected chi connectivity index (χ3v) is 4.24. The molecular weight excluding hydrogens is 349 g/mol. The molecule has 0 aliphatic rings. The summed E-state index contributed by atoms with van der Waals surface area (Å²) in [5.41, 5.74) is 2.11. The lowest BCUT2D eigenvalue weighted by Crippen LogP contribution is -2.10. The molecule has 6 heteroatoms. The highest BCUT2D eigenvalue weighted by Crippen LogP contribution is 2.28. The summed E-state index contributed by atoms with van der Waals surface area (Å²) in [5.74, 6) is -0.645. The average molecular weight is 362 g/mol. The van der Waals surface area contributed by atoms with Gasteiger partial charge in [-0.1, -0.05) is 29.3 Å². The first-order valence-corrected chi connectivity index (χ1v) is 7.92. The van der Waals surface area contributed by atoms with E-state index in [0.717, 1.165) is 5.39 Å². The van der Waals surface area contributed by atoms with E-state index >= 15 is 0 Å². The van der Waals surface area contributed by atoms with Gasteiger partial charge in [-0.05, 0) is 36.4 Å². The van der Waals surface area contributed by atoms with Crippen molar-refractivity contribution in [2.75, 3.05) is 7.11 Å². The second-order valence-corrected chi connectivity index (χ2v) is 6.13. The van der Waals surface area contributed by atoms with E-state index in [1.807, 2.05) is 0 Å². The van der Waals surface area contributed by atoms with E-state index in [-0.39, 0.29) is 12.2 Å². The molecule has 122 valence electrons. The van der Waals surface area contributed by atoms with Gasteiger partial charge in [0.1, 0.15) is 0 Å². The standard InChI is InChI=1S/C18H13Cl2NO3/c1-24-16(22)9-14-13-7-6-12(20)8-15(13)21-17(14)18(23)10-2-4-11(19)5-3-10/h2-8,21H,9H2,1H3. The number of H-pyrrole nitrogens is 1.